The number of hydrogen-bond acceptors (Lipinski definition) is 1. The number of quaternary nitrogens is 1. The molecule has 0 radical (unpaired) electrons. The van der Waals surface area contributed by atoms with Crippen molar-refractivity contribution in [3.63, 3.8) is 0 Å². The van der Waals surface area contributed by atoms with E-state index in [0.717, 1.165) is 12.8 Å². The second-order valence-electron chi connectivity index (χ2n) is 3.81. The summed E-state index contributed by atoms with van der Waals surface area (Å²) in [6.07, 6.45) is 9.85. The Balaban J connectivity index is 2.47. The first kappa shape index (κ1) is 10.3. The van der Waals surface area contributed by atoms with Crippen molar-refractivity contribution in [2.75, 3.05) is 6.54 Å². The summed E-state index contributed by atoms with van der Waals surface area (Å²) in [5, 5.41) is 2.14. The maximum Gasteiger partial charge on any atom is 0.138 e. The van der Waals surface area contributed by atoms with Gasteiger partial charge in [-0.25, -0.2) is 0 Å². The summed E-state index contributed by atoms with van der Waals surface area (Å²) in [6.45, 7) is 2.40. The first-order chi connectivity index (χ1) is 6.25. The maximum absolute atomic E-state index is 11.3. The van der Waals surface area contributed by atoms with Gasteiger partial charge in [0.05, 0.1) is 12.0 Å². The summed E-state index contributed by atoms with van der Waals surface area (Å²) in [7, 11) is 0. The molecule has 1 aliphatic rings. The lowest BCUT2D eigenvalue weighted by Crippen LogP contribution is -2.92. The van der Waals surface area contributed by atoms with Crippen molar-refractivity contribution in [3.8, 4) is 12.3 Å². The fourth-order valence-electron chi connectivity index (χ4n) is 2.17. The van der Waals surface area contributed by atoms with Gasteiger partial charge in [-0.15, -0.1) is 6.42 Å². The minimum absolute atomic E-state index is 0.252. The Bertz CT molecular complexity index is 217. The molecule has 0 unspecified atom stereocenters. The van der Waals surface area contributed by atoms with Crippen LogP contribution in [-0.2, 0) is 4.79 Å². The van der Waals surface area contributed by atoms with Gasteiger partial charge in [-0.3, -0.25) is 4.79 Å². The largest absolute Gasteiger partial charge is 0.333 e. The zero-order chi connectivity index (χ0) is 9.68. The molecule has 0 aliphatic heterocycles. The van der Waals surface area contributed by atoms with Crippen LogP contribution in [0.5, 0.6) is 0 Å². The van der Waals surface area contributed by atoms with Crippen molar-refractivity contribution in [3.05, 3.63) is 0 Å². The van der Waals surface area contributed by atoms with Crippen molar-refractivity contribution in [1.29, 1.82) is 0 Å². The highest BCUT2D eigenvalue weighted by Gasteiger charge is 2.30. The standard InChI is InChI=1S/C11H17NO/c1-3-8-12-11-7-5-4-6-10(11)9(2)13/h1,10-12H,4-8H2,2H3/p+1/t10-,11+/m1/s1. The highest BCUT2D eigenvalue weighted by atomic mass is 16.1. The second kappa shape index (κ2) is 5.04. The van der Waals surface area contributed by atoms with Crippen LogP contribution >= 0.6 is 0 Å². The van der Waals surface area contributed by atoms with Crippen LogP contribution in [0, 0.1) is 18.3 Å². The fraction of sp³-hybridized carbons (Fsp3) is 0.727. The summed E-state index contributed by atoms with van der Waals surface area (Å²) in [4.78, 5) is 11.3. The SMILES string of the molecule is C#CC[NH2+][C@H]1CCCC[C@@H]1C(C)=O. The smallest absolute Gasteiger partial charge is 0.138 e. The molecule has 0 aromatic heterocycles. The molecule has 2 nitrogen and oxygen atoms in total. The minimum Gasteiger partial charge on any atom is -0.333 e. The molecule has 2 N–H and O–H groups in total. The van der Waals surface area contributed by atoms with E-state index in [1.54, 1.807) is 6.92 Å². The van der Waals surface area contributed by atoms with Gasteiger partial charge in [-0.2, -0.15) is 0 Å². The Morgan fingerprint density at radius 1 is 1.54 bits per heavy atom. The van der Waals surface area contributed by atoms with Gasteiger partial charge >= 0.3 is 0 Å². The molecule has 0 saturated heterocycles. The lowest BCUT2D eigenvalue weighted by atomic mass is 9.82. The van der Waals surface area contributed by atoms with Crippen molar-refractivity contribution in [2.45, 2.75) is 38.6 Å². The van der Waals surface area contributed by atoms with E-state index in [4.69, 9.17) is 6.42 Å². The van der Waals surface area contributed by atoms with Crippen LogP contribution in [0.15, 0.2) is 0 Å². The highest BCUT2D eigenvalue weighted by Crippen LogP contribution is 2.22. The molecule has 13 heavy (non-hydrogen) atoms. The third-order valence-electron chi connectivity index (χ3n) is 2.88. The molecule has 1 aliphatic carbocycles. The number of Topliss-reactive ketones (excluding diaryl/α,β-unsaturated/α-hetero) is 1. The van der Waals surface area contributed by atoms with E-state index in [0.29, 0.717) is 18.4 Å². The third kappa shape index (κ3) is 2.86. The lowest BCUT2D eigenvalue weighted by molar-refractivity contribution is -0.686. The molecule has 0 aromatic rings. The molecule has 0 heterocycles. The molecule has 0 bridgehead atoms. The topological polar surface area (TPSA) is 33.7 Å². The van der Waals surface area contributed by atoms with Gasteiger partial charge < -0.3 is 5.32 Å². The van der Waals surface area contributed by atoms with E-state index >= 15 is 0 Å². The number of terminal acetylenes is 1. The number of hydrogen-bond donors (Lipinski definition) is 1. The fourth-order valence-corrected chi connectivity index (χ4v) is 2.17. The summed E-state index contributed by atoms with van der Waals surface area (Å²) >= 11 is 0. The molecule has 0 amide bonds. The predicted molar refractivity (Wildman–Crippen MR) is 52.1 cm³/mol. The first-order valence-corrected chi connectivity index (χ1v) is 5.03. The second-order valence-corrected chi connectivity index (χ2v) is 3.81. The Hall–Kier alpha value is -0.810. The monoisotopic (exact) mass is 180 g/mol. The van der Waals surface area contributed by atoms with Gasteiger partial charge in [0.15, 0.2) is 0 Å². The molecule has 2 heteroatoms. The summed E-state index contributed by atoms with van der Waals surface area (Å²) in [5.41, 5.74) is 0. The lowest BCUT2D eigenvalue weighted by Gasteiger charge is -2.27. The van der Waals surface area contributed by atoms with Crippen LogP contribution < -0.4 is 5.32 Å². The molecule has 1 fully saturated rings. The van der Waals surface area contributed by atoms with Gasteiger partial charge in [-0.1, -0.05) is 6.42 Å². The van der Waals surface area contributed by atoms with E-state index < -0.39 is 0 Å². The molecule has 72 valence electrons. The van der Waals surface area contributed by atoms with E-state index in [-0.39, 0.29) is 5.92 Å². The zero-order valence-electron chi connectivity index (χ0n) is 8.25. The molecule has 1 saturated carbocycles. The van der Waals surface area contributed by atoms with Gasteiger partial charge in [-0.05, 0) is 25.7 Å². The number of nitrogens with two attached hydrogens (primary N) is 1. The number of carbonyl (C=O) groups is 1. The third-order valence-corrected chi connectivity index (χ3v) is 2.88. The minimum atomic E-state index is 0.252. The van der Waals surface area contributed by atoms with E-state index in [2.05, 4.69) is 11.2 Å². The van der Waals surface area contributed by atoms with E-state index in [9.17, 15) is 4.79 Å². The van der Waals surface area contributed by atoms with Gasteiger partial charge in [0.25, 0.3) is 0 Å². The van der Waals surface area contributed by atoms with Crippen LogP contribution in [-0.4, -0.2) is 18.4 Å². The molecule has 1 rings (SSSR count). The van der Waals surface area contributed by atoms with Crippen molar-refractivity contribution in [1.82, 2.24) is 0 Å². The molecule has 0 aromatic carbocycles. The number of rotatable bonds is 3. The van der Waals surface area contributed by atoms with Gasteiger partial charge in [0, 0.05) is 6.42 Å². The quantitative estimate of drug-likeness (QED) is 0.624. The molecular formula is C11H18NO+. The van der Waals surface area contributed by atoms with E-state index in [1.807, 2.05) is 0 Å². The molecule has 2 atom stereocenters. The average Bonchev–Trinajstić information content (AvgIpc) is 2.15. The van der Waals surface area contributed by atoms with Crippen LogP contribution in [0.2, 0.25) is 0 Å². The van der Waals surface area contributed by atoms with Crippen molar-refractivity contribution in [2.24, 2.45) is 5.92 Å². The summed E-state index contributed by atoms with van der Waals surface area (Å²) in [6, 6.07) is 0.447. The van der Waals surface area contributed by atoms with Crippen molar-refractivity contribution >= 4 is 5.78 Å². The Labute approximate surface area is 80.1 Å². The van der Waals surface area contributed by atoms with Crippen LogP contribution in [0.25, 0.3) is 0 Å². The van der Waals surface area contributed by atoms with E-state index in [1.165, 1.54) is 12.8 Å². The Morgan fingerprint density at radius 2 is 2.23 bits per heavy atom. The maximum atomic E-state index is 11.3. The number of carbonyl (C=O) groups excluding carboxylic acids is 1. The normalized spacial score (nSPS) is 28.0. The molecular weight excluding hydrogens is 162 g/mol. The average molecular weight is 180 g/mol. The Kier molecular flexibility index (Phi) is 3.98. The van der Waals surface area contributed by atoms with Crippen LogP contribution in [0.3, 0.4) is 0 Å². The first-order valence-electron chi connectivity index (χ1n) is 5.03. The summed E-state index contributed by atoms with van der Waals surface area (Å²) in [5.74, 6) is 3.19. The summed E-state index contributed by atoms with van der Waals surface area (Å²) < 4.78 is 0. The number of ketones is 1. The predicted octanol–water partition coefficient (Wildman–Crippen LogP) is 0.331. The highest BCUT2D eigenvalue weighted by molar-refractivity contribution is 5.78. The van der Waals surface area contributed by atoms with Gasteiger partial charge in [0.2, 0.25) is 0 Å². The van der Waals surface area contributed by atoms with Crippen LogP contribution in [0.4, 0.5) is 0 Å². The molecule has 0 spiro atoms. The zero-order valence-corrected chi connectivity index (χ0v) is 8.25. The Morgan fingerprint density at radius 3 is 2.85 bits per heavy atom. The van der Waals surface area contributed by atoms with Gasteiger partial charge in [0.1, 0.15) is 12.3 Å². The van der Waals surface area contributed by atoms with Crippen LogP contribution in [0.1, 0.15) is 32.6 Å². The van der Waals surface area contributed by atoms with Crippen molar-refractivity contribution < 1.29 is 10.1 Å².